The lowest BCUT2D eigenvalue weighted by Crippen LogP contribution is -2.33. The van der Waals surface area contributed by atoms with E-state index in [0.29, 0.717) is 35.0 Å². The van der Waals surface area contributed by atoms with Gasteiger partial charge in [-0.3, -0.25) is 5.10 Å². The Hall–Kier alpha value is -1.95. The van der Waals surface area contributed by atoms with Gasteiger partial charge in [0.05, 0.1) is 29.9 Å². The van der Waals surface area contributed by atoms with Crippen molar-refractivity contribution in [3.8, 4) is 0 Å². The molecule has 3 unspecified atom stereocenters. The van der Waals surface area contributed by atoms with Gasteiger partial charge >= 0.3 is 5.97 Å². The van der Waals surface area contributed by atoms with Crippen LogP contribution in [0.1, 0.15) is 48.0 Å². The minimum Gasteiger partial charge on any atom is -0.478 e. The number of rotatable bonds is 3. The van der Waals surface area contributed by atoms with Crippen LogP contribution in [0.4, 0.5) is 0 Å². The lowest BCUT2D eigenvalue weighted by Gasteiger charge is -2.35. The molecule has 1 saturated carbocycles. The van der Waals surface area contributed by atoms with Crippen LogP contribution in [0.3, 0.4) is 0 Å². The molecule has 0 bridgehead atoms. The number of H-pyrrole nitrogens is 1. The fourth-order valence-electron chi connectivity index (χ4n) is 3.61. The molecule has 2 aromatic heterocycles. The number of aromatic amines is 1. The summed E-state index contributed by atoms with van der Waals surface area (Å²) in [4.78, 5) is 16.2. The van der Waals surface area contributed by atoms with E-state index in [1.54, 1.807) is 12.4 Å². The summed E-state index contributed by atoms with van der Waals surface area (Å²) in [5, 5.41) is 16.9. The quantitative estimate of drug-likeness (QED) is 0.909. The average Bonchev–Trinajstić information content (AvgIpc) is 3.24. The highest BCUT2D eigenvalue weighted by molar-refractivity contribution is 6.02. The van der Waals surface area contributed by atoms with E-state index in [1.165, 1.54) is 12.8 Å². The van der Waals surface area contributed by atoms with E-state index in [1.807, 2.05) is 0 Å². The SMILES string of the molecule is CC1COC(C2CC2)CC1c1cnc2[nH]ncc2c1C(=O)O. The van der Waals surface area contributed by atoms with Crippen LogP contribution >= 0.6 is 0 Å². The third-order valence-electron chi connectivity index (χ3n) is 5.02. The largest absolute Gasteiger partial charge is 0.478 e. The van der Waals surface area contributed by atoms with E-state index in [-0.39, 0.29) is 12.0 Å². The molecule has 2 aromatic rings. The second kappa shape index (κ2) is 5.05. The number of carboxylic acid groups (broad SMARTS) is 1. The Bertz CT molecular complexity index is 722. The molecule has 2 aliphatic rings. The van der Waals surface area contributed by atoms with Crippen molar-refractivity contribution in [2.75, 3.05) is 6.61 Å². The minimum absolute atomic E-state index is 0.178. The Kier molecular flexibility index (Phi) is 3.14. The summed E-state index contributed by atoms with van der Waals surface area (Å²) in [6.07, 6.45) is 6.88. The predicted octanol–water partition coefficient (Wildman–Crippen LogP) is 2.57. The third-order valence-corrected chi connectivity index (χ3v) is 5.02. The Morgan fingerprint density at radius 2 is 2.23 bits per heavy atom. The van der Waals surface area contributed by atoms with Gasteiger partial charge in [0.2, 0.25) is 0 Å². The summed E-state index contributed by atoms with van der Waals surface area (Å²) in [7, 11) is 0. The van der Waals surface area contributed by atoms with Gasteiger partial charge in [0.15, 0.2) is 5.65 Å². The van der Waals surface area contributed by atoms with Gasteiger partial charge in [-0.2, -0.15) is 5.10 Å². The zero-order valence-corrected chi connectivity index (χ0v) is 12.5. The fourth-order valence-corrected chi connectivity index (χ4v) is 3.61. The summed E-state index contributed by atoms with van der Waals surface area (Å²) < 4.78 is 5.95. The highest BCUT2D eigenvalue weighted by Gasteiger charge is 2.40. The summed E-state index contributed by atoms with van der Waals surface area (Å²) in [6, 6.07) is 0. The van der Waals surface area contributed by atoms with Gasteiger partial charge in [-0.15, -0.1) is 0 Å². The zero-order chi connectivity index (χ0) is 15.3. The maximum atomic E-state index is 11.8. The van der Waals surface area contributed by atoms with E-state index in [2.05, 4.69) is 22.1 Å². The molecule has 6 nitrogen and oxygen atoms in total. The van der Waals surface area contributed by atoms with Crippen LogP contribution in [-0.4, -0.2) is 39.0 Å². The molecule has 0 aromatic carbocycles. The molecule has 116 valence electrons. The van der Waals surface area contributed by atoms with Crippen molar-refractivity contribution in [2.24, 2.45) is 11.8 Å². The number of nitrogens with one attached hydrogen (secondary N) is 1. The number of carboxylic acids is 1. The van der Waals surface area contributed by atoms with Crippen molar-refractivity contribution >= 4 is 17.0 Å². The number of pyridine rings is 1. The van der Waals surface area contributed by atoms with Gasteiger partial charge in [0.25, 0.3) is 0 Å². The average molecular weight is 301 g/mol. The zero-order valence-electron chi connectivity index (χ0n) is 12.5. The number of ether oxygens (including phenoxy) is 1. The highest BCUT2D eigenvalue weighted by atomic mass is 16.5. The van der Waals surface area contributed by atoms with Crippen molar-refractivity contribution in [2.45, 2.75) is 38.2 Å². The van der Waals surface area contributed by atoms with Gasteiger partial charge in [-0.25, -0.2) is 9.78 Å². The lowest BCUT2D eigenvalue weighted by molar-refractivity contribution is -0.0340. The summed E-state index contributed by atoms with van der Waals surface area (Å²) in [6.45, 7) is 2.81. The molecule has 6 heteroatoms. The summed E-state index contributed by atoms with van der Waals surface area (Å²) >= 11 is 0. The smallest absolute Gasteiger partial charge is 0.336 e. The predicted molar refractivity (Wildman–Crippen MR) is 79.8 cm³/mol. The lowest BCUT2D eigenvalue weighted by atomic mass is 9.79. The summed E-state index contributed by atoms with van der Waals surface area (Å²) in [5.41, 5.74) is 1.69. The Morgan fingerprint density at radius 3 is 2.95 bits per heavy atom. The first-order valence-electron chi connectivity index (χ1n) is 7.82. The number of carbonyl (C=O) groups is 1. The maximum absolute atomic E-state index is 11.8. The molecule has 4 rings (SSSR count). The van der Waals surface area contributed by atoms with Crippen LogP contribution in [0, 0.1) is 11.8 Å². The standard InChI is InChI=1S/C16H19N3O3/c1-8-7-22-13(9-2-3-9)4-10(8)11-5-17-15-12(6-18-19-15)14(11)16(20)21/h5-6,8-10,13H,2-4,7H2,1H3,(H,20,21)(H,17,18,19). The van der Waals surface area contributed by atoms with E-state index in [4.69, 9.17) is 4.74 Å². The molecule has 3 atom stereocenters. The van der Waals surface area contributed by atoms with Crippen molar-refractivity contribution in [1.29, 1.82) is 0 Å². The summed E-state index contributed by atoms with van der Waals surface area (Å²) in [5.74, 6) is 0.218. The molecular weight excluding hydrogens is 282 g/mol. The van der Waals surface area contributed by atoms with Crippen molar-refractivity contribution in [3.63, 3.8) is 0 Å². The van der Waals surface area contributed by atoms with Crippen molar-refractivity contribution in [3.05, 3.63) is 23.5 Å². The number of hydrogen-bond donors (Lipinski definition) is 2. The normalized spacial score (nSPS) is 28.9. The molecule has 22 heavy (non-hydrogen) atoms. The van der Waals surface area contributed by atoms with Gasteiger partial charge in [0, 0.05) is 6.20 Å². The molecule has 0 spiro atoms. The van der Waals surface area contributed by atoms with Crippen LogP contribution in [0.5, 0.6) is 0 Å². The van der Waals surface area contributed by atoms with E-state index in [9.17, 15) is 9.90 Å². The third kappa shape index (κ3) is 2.18. The Balaban J connectivity index is 1.77. The van der Waals surface area contributed by atoms with Gasteiger partial charge in [-0.1, -0.05) is 6.92 Å². The van der Waals surface area contributed by atoms with E-state index in [0.717, 1.165) is 12.0 Å². The first-order chi connectivity index (χ1) is 10.6. The molecule has 0 radical (unpaired) electrons. The van der Waals surface area contributed by atoms with Crippen molar-refractivity contribution < 1.29 is 14.6 Å². The molecule has 0 amide bonds. The van der Waals surface area contributed by atoms with Gasteiger partial charge < -0.3 is 9.84 Å². The van der Waals surface area contributed by atoms with Gasteiger partial charge in [0.1, 0.15) is 0 Å². The monoisotopic (exact) mass is 301 g/mol. The number of hydrogen-bond acceptors (Lipinski definition) is 4. The highest BCUT2D eigenvalue weighted by Crippen LogP contribution is 2.44. The Morgan fingerprint density at radius 1 is 1.41 bits per heavy atom. The van der Waals surface area contributed by atoms with Crippen LogP contribution in [0.15, 0.2) is 12.4 Å². The molecular formula is C16H19N3O3. The van der Waals surface area contributed by atoms with Crippen LogP contribution < -0.4 is 0 Å². The minimum atomic E-state index is -0.912. The number of fused-ring (bicyclic) bond motifs is 1. The van der Waals surface area contributed by atoms with Crippen LogP contribution in [-0.2, 0) is 4.74 Å². The molecule has 1 aliphatic carbocycles. The van der Waals surface area contributed by atoms with Crippen LogP contribution in [0.25, 0.3) is 11.0 Å². The number of aromatic nitrogens is 3. The molecule has 2 N–H and O–H groups in total. The van der Waals surface area contributed by atoms with Crippen LogP contribution in [0.2, 0.25) is 0 Å². The first kappa shape index (κ1) is 13.7. The number of aromatic carboxylic acids is 1. The second-order valence-corrected chi connectivity index (χ2v) is 6.55. The van der Waals surface area contributed by atoms with E-state index < -0.39 is 5.97 Å². The molecule has 3 heterocycles. The first-order valence-corrected chi connectivity index (χ1v) is 7.82. The van der Waals surface area contributed by atoms with Crippen molar-refractivity contribution in [1.82, 2.24) is 15.2 Å². The maximum Gasteiger partial charge on any atom is 0.336 e. The van der Waals surface area contributed by atoms with Gasteiger partial charge in [-0.05, 0) is 42.6 Å². The topological polar surface area (TPSA) is 88.1 Å². The fraction of sp³-hybridized carbons (Fsp3) is 0.562. The Labute approximate surface area is 127 Å². The van der Waals surface area contributed by atoms with E-state index >= 15 is 0 Å². The molecule has 1 saturated heterocycles. The molecule has 2 fully saturated rings. The molecule has 1 aliphatic heterocycles. The second-order valence-electron chi connectivity index (χ2n) is 6.55. The number of nitrogens with zero attached hydrogens (tertiary/aromatic N) is 2.